The average molecular weight is 550 g/mol. The molecule has 5 rings (SSSR count). The molecule has 0 bridgehead atoms. The molecule has 0 amide bonds. The molecular weight excluding hydrogens is 524 g/mol. The third-order valence-electron chi connectivity index (χ3n) is 6.33. The number of aromatic nitrogens is 2. The topological polar surface area (TPSA) is 69.2 Å². The number of H-pyrrole nitrogens is 1. The number of aliphatic carboxylic acids is 1. The number of piperidine rings is 1. The van der Waals surface area contributed by atoms with Crippen LogP contribution in [0.25, 0.3) is 33.5 Å². The highest BCUT2D eigenvalue weighted by Gasteiger charge is 2.38. The van der Waals surface area contributed by atoms with Crippen LogP contribution in [-0.2, 0) is 17.5 Å². The number of likely N-dealkylation sites (tertiary alicyclic amines) is 1. The van der Waals surface area contributed by atoms with E-state index in [9.17, 15) is 26.3 Å². The zero-order valence-corrected chi connectivity index (χ0v) is 20.6. The summed E-state index contributed by atoms with van der Waals surface area (Å²) in [6, 6.07) is 20.2. The Morgan fingerprint density at radius 1 is 0.846 bits per heavy atom. The summed E-state index contributed by atoms with van der Waals surface area (Å²) in [6.07, 6.45) is -5.57. The van der Waals surface area contributed by atoms with Gasteiger partial charge in [0.2, 0.25) is 0 Å². The summed E-state index contributed by atoms with van der Waals surface area (Å²) in [7, 11) is 0. The predicted octanol–water partition coefficient (Wildman–Crippen LogP) is 7.53. The fourth-order valence-corrected chi connectivity index (χ4v) is 4.37. The molecule has 3 aromatic carbocycles. The van der Waals surface area contributed by atoms with Crippen molar-refractivity contribution in [1.29, 1.82) is 0 Å². The number of carboxylic acid groups (broad SMARTS) is 1. The lowest BCUT2D eigenvalue weighted by molar-refractivity contribution is -0.192. The Kier molecular flexibility index (Phi) is 8.29. The van der Waals surface area contributed by atoms with Crippen molar-refractivity contribution in [3.8, 4) is 22.5 Å². The number of alkyl halides is 6. The maximum atomic E-state index is 13.0. The second-order valence-corrected chi connectivity index (χ2v) is 9.23. The summed E-state index contributed by atoms with van der Waals surface area (Å²) in [5, 5.41) is 7.12. The fourth-order valence-electron chi connectivity index (χ4n) is 4.37. The summed E-state index contributed by atoms with van der Waals surface area (Å²) >= 11 is 0. The average Bonchev–Trinajstić information content (AvgIpc) is 3.33. The normalized spacial score (nSPS) is 14.6. The van der Waals surface area contributed by atoms with Crippen LogP contribution in [0.2, 0.25) is 0 Å². The fraction of sp³-hybridized carbons (Fsp3) is 0.286. The van der Waals surface area contributed by atoms with E-state index in [1.54, 1.807) is 0 Å². The molecule has 4 aromatic rings. The molecule has 2 heterocycles. The molecular formula is C28H25F6N3O2. The van der Waals surface area contributed by atoms with Crippen molar-refractivity contribution in [3.05, 3.63) is 77.9 Å². The Hall–Kier alpha value is -3.86. The molecule has 2 N–H and O–H groups in total. The van der Waals surface area contributed by atoms with Gasteiger partial charge in [0, 0.05) is 12.1 Å². The van der Waals surface area contributed by atoms with Crippen molar-refractivity contribution in [2.24, 2.45) is 0 Å². The number of nitrogens with one attached hydrogen (secondary N) is 1. The Balaban J connectivity index is 0.000000448. The minimum atomic E-state index is -5.08. The minimum Gasteiger partial charge on any atom is -0.475 e. The molecule has 0 unspecified atom stereocenters. The summed E-state index contributed by atoms with van der Waals surface area (Å²) in [4.78, 5) is 18.9. The number of carboxylic acids is 1. The lowest BCUT2D eigenvalue weighted by atomic mass is 10.0. The van der Waals surface area contributed by atoms with Crippen LogP contribution in [0.4, 0.5) is 26.3 Å². The largest absolute Gasteiger partial charge is 0.490 e. The van der Waals surface area contributed by atoms with E-state index in [2.05, 4.69) is 39.1 Å². The third-order valence-corrected chi connectivity index (χ3v) is 6.33. The van der Waals surface area contributed by atoms with Crippen molar-refractivity contribution in [2.45, 2.75) is 38.2 Å². The second-order valence-electron chi connectivity index (χ2n) is 9.23. The van der Waals surface area contributed by atoms with Crippen LogP contribution in [0.1, 0.15) is 30.4 Å². The van der Waals surface area contributed by atoms with Crippen molar-refractivity contribution >= 4 is 17.0 Å². The zero-order valence-electron chi connectivity index (χ0n) is 20.6. The van der Waals surface area contributed by atoms with Gasteiger partial charge in [0.25, 0.3) is 0 Å². The van der Waals surface area contributed by atoms with Gasteiger partial charge in [0.15, 0.2) is 0 Å². The van der Waals surface area contributed by atoms with Crippen LogP contribution in [0.5, 0.6) is 0 Å². The van der Waals surface area contributed by atoms with Gasteiger partial charge in [-0.15, -0.1) is 0 Å². The van der Waals surface area contributed by atoms with Crippen LogP contribution in [0.3, 0.4) is 0 Å². The predicted molar refractivity (Wildman–Crippen MR) is 135 cm³/mol. The third kappa shape index (κ3) is 7.38. The highest BCUT2D eigenvalue weighted by atomic mass is 19.4. The number of nitrogens with zero attached hydrogens (tertiary/aromatic N) is 2. The standard InChI is InChI=1S/C26H24F3N3.C2HF3O2/c27-26(28,29)22-11-12-23-24(16-22)31-25(30-23)20-9-7-19(8-10-20)21-6-4-5-18(15-21)17-32-13-2-1-3-14-32;3-2(4,5)1(6)7/h4-12,15-16H,1-3,13-14,17H2,(H,30,31);(H,6,7). The second kappa shape index (κ2) is 11.5. The highest BCUT2D eigenvalue weighted by Crippen LogP contribution is 2.32. The van der Waals surface area contributed by atoms with Gasteiger partial charge in [-0.3, -0.25) is 4.90 Å². The number of aromatic amines is 1. The first-order chi connectivity index (χ1) is 18.4. The van der Waals surface area contributed by atoms with E-state index in [0.29, 0.717) is 16.9 Å². The molecule has 0 aliphatic carbocycles. The molecule has 206 valence electrons. The maximum Gasteiger partial charge on any atom is 0.490 e. The van der Waals surface area contributed by atoms with Crippen LogP contribution in [-0.4, -0.2) is 45.2 Å². The minimum absolute atomic E-state index is 0.379. The van der Waals surface area contributed by atoms with Gasteiger partial charge in [-0.25, -0.2) is 9.78 Å². The molecule has 1 saturated heterocycles. The quantitative estimate of drug-likeness (QED) is 0.258. The van der Waals surface area contributed by atoms with Gasteiger partial charge in [0.1, 0.15) is 5.82 Å². The van der Waals surface area contributed by atoms with E-state index >= 15 is 0 Å². The number of hydrogen-bond donors (Lipinski definition) is 2. The van der Waals surface area contributed by atoms with Crippen molar-refractivity contribution in [2.75, 3.05) is 13.1 Å². The number of halogens is 6. The Labute approximate surface area is 220 Å². The number of rotatable bonds is 4. The van der Waals surface area contributed by atoms with E-state index in [-0.39, 0.29) is 0 Å². The summed E-state index contributed by atoms with van der Waals surface area (Å²) in [5.41, 5.74) is 4.62. The Bertz CT molecular complexity index is 1420. The number of fused-ring (bicyclic) bond motifs is 1. The maximum absolute atomic E-state index is 13.0. The molecule has 0 spiro atoms. The monoisotopic (exact) mass is 549 g/mol. The van der Waals surface area contributed by atoms with Gasteiger partial charge in [-0.05, 0) is 66.9 Å². The highest BCUT2D eigenvalue weighted by molar-refractivity contribution is 5.80. The molecule has 0 atom stereocenters. The van der Waals surface area contributed by atoms with Gasteiger partial charge >= 0.3 is 18.3 Å². The first-order valence-electron chi connectivity index (χ1n) is 12.2. The number of carbonyl (C=O) groups is 1. The smallest absolute Gasteiger partial charge is 0.475 e. The van der Waals surface area contributed by atoms with Gasteiger partial charge < -0.3 is 10.1 Å². The van der Waals surface area contributed by atoms with Crippen molar-refractivity contribution in [1.82, 2.24) is 14.9 Å². The molecule has 1 aliphatic rings. The van der Waals surface area contributed by atoms with E-state index in [4.69, 9.17) is 9.90 Å². The van der Waals surface area contributed by atoms with Crippen molar-refractivity contribution < 1.29 is 36.2 Å². The Morgan fingerprint density at radius 2 is 1.49 bits per heavy atom. The van der Waals surface area contributed by atoms with Gasteiger partial charge in [0.05, 0.1) is 16.6 Å². The summed E-state index contributed by atoms with van der Waals surface area (Å²) in [6.45, 7) is 3.31. The summed E-state index contributed by atoms with van der Waals surface area (Å²) < 4.78 is 70.7. The molecule has 39 heavy (non-hydrogen) atoms. The molecule has 0 radical (unpaired) electrons. The number of hydrogen-bond acceptors (Lipinski definition) is 3. The zero-order chi connectivity index (χ0) is 28.2. The number of benzene rings is 3. The number of imidazole rings is 1. The van der Waals surface area contributed by atoms with E-state index in [1.165, 1.54) is 44.0 Å². The Morgan fingerprint density at radius 3 is 2.10 bits per heavy atom. The van der Waals surface area contributed by atoms with Crippen LogP contribution in [0, 0.1) is 0 Å². The molecule has 11 heteroatoms. The molecule has 1 aromatic heterocycles. The lowest BCUT2D eigenvalue weighted by Crippen LogP contribution is -2.29. The van der Waals surface area contributed by atoms with Gasteiger partial charge in [-0.1, -0.05) is 48.9 Å². The molecule has 1 fully saturated rings. The molecule has 0 saturated carbocycles. The van der Waals surface area contributed by atoms with E-state index in [0.717, 1.165) is 35.4 Å². The SMILES string of the molecule is FC(F)(F)c1ccc2nc(-c3ccc(-c4cccc(CN5CCCCC5)c4)cc3)[nH]c2c1.O=C(O)C(F)(F)F. The van der Waals surface area contributed by atoms with Crippen LogP contribution < -0.4 is 0 Å². The van der Waals surface area contributed by atoms with Crippen LogP contribution in [0.15, 0.2) is 66.7 Å². The molecule has 1 aliphatic heterocycles. The first-order valence-corrected chi connectivity index (χ1v) is 12.2. The summed E-state index contributed by atoms with van der Waals surface area (Å²) in [5.74, 6) is -2.20. The van der Waals surface area contributed by atoms with Crippen LogP contribution >= 0.6 is 0 Å². The van der Waals surface area contributed by atoms with E-state index < -0.39 is 23.9 Å². The van der Waals surface area contributed by atoms with Crippen molar-refractivity contribution in [3.63, 3.8) is 0 Å². The van der Waals surface area contributed by atoms with E-state index in [1.807, 2.05) is 24.3 Å². The molecule has 5 nitrogen and oxygen atoms in total. The van der Waals surface area contributed by atoms with Gasteiger partial charge in [-0.2, -0.15) is 26.3 Å². The first kappa shape index (κ1) is 28.2. The lowest BCUT2D eigenvalue weighted by Gasteiger charge is -2.26.